The highest BCUT2D eigenvalue weighted by Crippen LogP contribution is 2.33. The van der Waals surface area contributed by atoms with Gasteiger partial charge in [0.15, 0.2) is 0 Å². The maximum Gasteiger partial charge on any atom is 0.269 e. The molecule has 3 rings (SSSR count). The first-order valence-corrected chi connectivity index (χ1v) is 8.36. The minimum absolute atomic E-state index is 0.0167. The summed E-state index contributed by atoms with van der Waals surface area (Å²) in [7, 11) is 0. The van der Waals surface area contributed by atoms with Crippen LogP contribution in [0.5, 0.6) is 0 Å². The van der Waals surface area contributed by atoms with Crippen molar-refractivity contribution >= 4 is 52.4 Å². The van der Waals surface area contributed by atoms with E-state index in [4.69, 9.17) is 39.2 Å². The van der Waals surface area contributed by atoms with E-state index in [0.29, 0.717) is 37.8 Å². The predicted molar refractivity (Wildman–Crippen MR) is 103 cm³/mol. The molecule has 0 atom stereocenters. The van der Waals surface area contributed by atoms with Gasteiger partial charge < -0.3 is 4.42 Å². The molecule has 1 aromatic heterocycles. The first-order valence-electron chi connectivity index (χ1n) is 7.22. The highest BCUT2D eigenvalue weighted by Gasteiger charge is 2.09. The largest absolute Gasteiger partial charge is 0.455 e. The molecule has 6 nitrogen and oxygen atoms in total. The number of furan rings is 1. The standard InChI is InChI=1S/C17H10Cl3N3O3/c18-11-7-14(19)17(15(20)8-11)22-21-9-13-5-6-16(26-13)10-1-3-12(4-2-10)23(24)25/h1-9,22H/b21-9-. The Morgan fingerprint density at radius 3 is 2.31 bits per heavy atom. The van der Waals surface area contributed by atoms with Gasteiger partial charge in [0.1, 0.15) is 11.5 Å². The summed E-state index contributed by atoms with van der Waals surface area (Å²) in [5.41, 5.74) is 3.90. The minimum Gasteiger partial charge on any atom is -0.455 e. The van der Waals surface area contributed by atoms with Gasteiger partial charge in [0.25, 0.3) is 5.69 Å². The van der Waals surface area contributed by atoms with E-state index in [1.165, 1.54) is 18.3 Å². The van der Waals surface area contributed by atoms with E-state index in [1.54, 1.807) is 36.4 Å². The third kappa shape index (κ3) is 4.16. The highest BCUT2D eigenvalue weighted by molar-refractivity contribution is 6.41. The summed E-state index contributed by atoms with van der Waals surface area (Å²) in [6.07, 6.45) is 1.45. The van der Waals surface area contributed by atoms with Gasteiger partial charge in [-0.2, -0.15) is 5.10 Å². The lowest BCUT2D eigenvalue weighted by atomic mass is 10.1. The van der Waals surface area contributed by atoms with Gasteiger partial charge >= 0.3 is 0 Å². The summed E-state index contributed by atoms with van der Waals surface area (Å²) in [5.74, 6) is 1.04. The maximum absolute atomic E-state index is 10.7. The van der Waals surface area contributed by atoms with E-state index >= 15 is 0 Å². The monoisotopic (exact) mass is 409 g/mol. The molecule has 0 aliphatic rings. The third-order valence-electron chi connectivity index (χ3n) is 3.36. The van der Waals surface area contributed by atoms with Crippen LogP contribution < -0.4 is 5.43 Å². The molecular formula is C17H10Cl3N3O3. The number of nitro benzene ring substituents is 1. The Labute approximate surface area is 163 Å². The molecule has 0 aliphatic carbocycles. The first kappa shape index (κ1) is 18.3. The molecule has 0 amide bonds. The molecule has 1 N–H and O–H groups in total. The fourth-order valence-corrected chi connectivity index (χ4v) is 3.04. The Hall–Kier alpha value is -2.54. The van der Waals surface area contributed by atoms with Crippen molar-refractivity contribution in [3.63, 3.8) is 0 Å². The molecule has 0 fully saturated rings. The van der Waals surface area contributed by atoms with Gasteiger partial charge in [-0.25, -0.2) is 0 Å². The number of benzene rings is 2. The van der Waals surface area contributed by atoms with Crippen molar-refractivity contribution in [2.45, 2.75) is 0 Å². The van der Waals surface area contributed by atoms with Gasteiger partial charge in [0, 0.05) is 22.7 Å². The third-order valence-corrected chi connectivity index (χ3v) is 4.18. The van der Waals surface area contributed by atoms with Crippen molar-refractivity contribution in [3.8, 4) is 11.3 Å². The van der Waals surface area contributed by atoms with E-state index in [1.807, 2.05) is 0 Å². The Morgan fingerprint density at radius 2 is 1.69 bits per heavy atom. The smallest absolute Gasteiger partial charge is 0.269 e. The van der Waals surface area contributed by atoms with Crippen molar-refractivity contribution in [2.24, 2.45) is 5.10 Å². The summed E-state index contributed by atoms with van der Waals surface area (Å²) in [4.78, 5) is 10.2. The zero-order valence-electron chi connectivity index (χ0n) is 12.9. The van der Waals surface area contributed by atoms with Crippen molar-refractivity contribution in [1.29, 1.82) is 0 Å². The lowest BCUT2D eigenvalue weighted by Gasteiger charge is -2.06. The molecule has 0 aliphatic heterocycles. The Bertz CT molecular complexity index is 961. The second-order valence-electron chi connectivity index (χ2n) is 5.12. The molecule has 26 heavy (non-hydrogen) atoms. The highest BCUT2D eigenvalue weighted by atomic mass is 35.5. The predicted octanol–water partition coefficient (Wildman–Crippen LogP) is 6.26. The van der Waals surface area contributed by atoms with Gasteiger partial charge in [-0.1, -0.05) is 34.8 Å². The molecule has 0 bridgehead atoms. The lowest BCUT2D eigenvalue weighted by molar-refractivity contribution is -0.384. The molecule has 0 unspecified atom stereocenters. The number of rotatable bonds is 5. The minimum atomic E-state index is -0.456. The molecule has 3 aromatic rings. The second kappa shape index (κ2) is 7.78. The van der Waals surface area contributed by atoms with Crippen molar-refractivity contribution in [2.75, 3.05) is 5.43 Å². The number of nitrogens with one attached hydrogen (secondary N) is 1. The van der Waals surface area contributed by atoms with Crippen LogP contribution in [0.25, 0.3) is 11.3 Å². The average Bonchev–Trinajstić information content (AvgIpc) is 3.06. The Balaban J connectivity index is 1.72. The lowest BCUT2D eigenvalue weighted by Crippen LogP contribution is -1.92. The Kier molecular flexibility index (Phi) is 5.46. The maximum atomic E-state index is 10.7. The average molecular weight is 411 g/mol. The first-order chi connectivity index (χ1) is 12.4. The zero-order valence-corrected chi connectivity index (χ0v) is 15.2. The second-order valence-corrected chi connectivity index (χ2v) is 6.37. The molecule has 9 heteroatoms. The molecule has 0 spiro atoms. The van der Waals surface area contributed by atoms with Gasteiger partial charge in [-0.3, -0.25) is 15.5 Å². The van der Waals surface area contributed by atoms with Crippen LogP contribution in [0.3, 0.4) is 0 Å². The number of anilines is 1. The molecule has 0 saturated heterocycles. The van der Waals surface area contributed by atoms with Crippen LogP contribution >= 0.6 is 34.8 Å². The molecule has 0 saturated carbocycles. The normalized spacial score (nSPS) is 11.0. The summed E-state index contributed by atoms with van der Waals surface area (Å²) >= 11 is 18.0. The summed E-state index contributed by atoms with van der Waals surface area (Å²) in [6.45, 7) is 0. The fraction of sp³-hybridized carbons (Fsp3) is 0. The van der Waals surface area contributed by atoms with Crippen LogP contribution in [0.4, 0.5) is 11.4 Å². The van der Waals surface area contributed by atoms with Crippen LogP contribution in [0.2, 0.25) is 15.1 Å². The number of hydrogen-bond donors (Lipinski definition) is 1. The van der Waals surface area contributed by atoms with Crippen LogP contribution in [0.1, 0.15) is 5.76 Å². The van der Waals surface area contributed by atoms with Gasteiger partial charge in [-0.05, 0) is 36.4 Å². The van der Waals surface area contributed by atoms with Crippen molar-refractivity contribution < 1.29 is 9.34 Å². The number of halogens is 3. The number of hydrazone groups is 1. The molecule has 0 radical (unpaired) electrons. The molecule has 2 aromatic carbocycles. The SMILES string of the molecule is O=[N+]([O-])c1ccc(-c2ccc(/C=N\Nc3c(Cl)cc(Cl)cc3Cl)o2)cc1. The van der Waals surface area contributed by atoms with Crippen LogP contribution in [-0.2, 0) is 0 Å². The van der Waals surface area contributed by atoms with Crippen molar-refractivity contribution in [1.82, 2.24) is 0 Å². The van der Waals surface area contributed by atoms with E-state index in [0.717, 1.165) is 0 Å². The van der Waals surface area contributed by atoms with Crippen molar-refractivity contribution in [3.05, 3.63) is 79.5 Å². The summed E-state index contributed by atoms with van der Waals surface area (Å²) in [5, 5.41) is 15.8. The number of hydrogen-bond acceptors (Lipinski definition) is 5. The van der Waals surface area contributed by atoms with E-state index in [9.17, 15) is 10.1 Å². The molecule has 1 heterocycles. The number of nitrogens with zero attached hydrogens (tertiary/aromatic N) is 2. The van der Waals surface area contributed by atoms with Crippen LogP contribution in [0, 0.1) is 10.1 Å². The quantitative estimate of drug-likeness (QED) is 0.306. The van der Waals surface area contributed by atoms with E-state index < -0.39 is 4.92 Å². The molecular weight excluding hydrogens is 401 g/mol. The Morgan fingerprint density at radius 1 is 1.04 bits per heavy atom. The topological polar surface area (TPSA) is 80.7 Å². The van der Waals surface area contributed by atoms with Crippen LogP contribution in [0.15, 0.2) is 58.0 Å². The number of nitro groups is 1. The van der Waals surface area contributed by atoms with Gasteiger partial charge in [-0.15, -0.1) is 0 Å². The van der Waals surface area contributed by atoms with Gasteiger partial charge in [0.05, 0.1) is 26.9 Å². The van der Waals surface area contributed by atoms with Gasteiger partial charge in [0.2, 0.25) is 0 Å². The number of non-ortho nitro benzene ring substituents is 1. The van der Waals surface area contributed by atoms with E-state index in [2.05, 4.69) is 10.5 Å². The van der Waals surface area contributed by atoms with Crippen LogP contribution in [-0.4, -0.2) is 11.1 Å². The summed E-state index contributed by atoms with van der Waals surface area (Å²) < 4.78 is 5.64. The molecule has 132 valence electrons. The van der Waals surface area contributed by atoms with E-state index in [-0.39, 0.29) is 5.69 Å². The zero-order chi connectivity index (χ0) is 18.7. The summed E-state index contributed by atoms with van der Waals surface area (Å²) in [6, 6.07) is 12.6. The fourth-order valence-electron chi connectivity index (χ4n) is 2.13.